The summed E-state index contributed by atoms with van der Waals surface area (Å²) in [5, 5.41) is 0. The largest absolute Gasteiger partial charge is 0.500 e. The topological polar surface area (TPSA) is 102 Å². The quantitative estimate of drug-likeness (QED) is 0.0403. The summed E-state index contributed by atoms with van der Waals surface area (Å²) in [6, 6.07) is 29.9. The van der Waals surface area contributed by atoms with E-state index in [9.17, 15) is 0 Å². The van der Waals surface area contributed by atoms with Crippen LogP contribution in [0.25, 0.3) is 0 Å². The molecule has 0 aliphatic carbocycles. The predicted molar refractivity (Wildman–Crippen MR) is 288 cm³/mol. The minimum atomic E-state index is -2.78. The molecule has 0 saturated carbocycles. The van der Waals surface area contributed by atoms with E-state index in [2.05, 4.69) is 110 Å². The highest BCUT2D eigenvalue weighted by Gasteiger charge is 2.42. The zero-order valence-electron chi connectivity index (χ0n) is 45.1. The van der Waals surface area contributed by atoms with E-state index in [4.69, 9.17) is 44.6 Å². The fraction of sp³-hybridized carbons (Fsp3) is 0.667. The van der Waals surface area contributed by atoms with Gasteiger partial charge in [-0.2, -0.15) is 0 Å². The van der Waals surface area contributed by atoms with E-state index in [1.165, 1.54) is 33.6 Å². The van der Waals surface area contributed by atoms with Gasteiger partial charge in [-0.3, -0.25) is 0 Å². The summed E-state index contributed by atoms with van der Waals surface area (Å²) in [5.74, 6) is 0. The van der Waals surface area contributed by atoms with E-state index in [0.717, 1.165) is 70.2 Å². The summed E-state index contributed by atoms with van der Waals surface area (Å²) in [4.78, 5) is 4.92. The second-order valence-electron chi connectivity index (χ2n) is 18.6. The molecule has 0 radical (unpaired) electrons. The van der Waals surface area contributed by atoms with Crippen LogP contribution in [0.15, 0.2) is 72.8 Å². The first-order valence-corrected chi connectivity index (χ1v) is 32.2. The molecule has 1 heterocycles. The van der Waals surface area contributed by atoms with E-state index < -0.39 is 26.4 Å². The molecule has 0 aromatic heterocycles. The Morgan fingerprint density at radius 1 is 0.406 bits per heavy atom. The SMILES string of the molecule is CCO[Si](CCCN(CCC[Si](OCC)(OCC)OCC)c1ccc(C(C)(C)c2ccc(C(C)(C)c3ccc(N(CCC[Si](OCC)(OCC)OCC)CC4CO4)cc3)cc2)cc1)(OCC)OCC. The summed E-state index contributed by atoms with van der Waals surface area (Å²) in [5.41, 5.74) is 7.08. The molecule has 1 fully saturated rings. The normalized spacial score (nSPS) is 14.7. The van der Waals surface area contributed by atoms with Gasteiger partial charge in [0.15, 0.2) is 0 Å². The maximum atomic E-state index is 6.23. The number of benzene rings is 3. The van der Waals surface area contributed by atoms with Crippen LogP contribution in [0.4, 0.5) is 11.4 Å². The van der Waals surface area contributed by atoms with Crippen molar-refractivity contribution in [2.75, 3.05) is 102 Å². The second kappa shape index (κ2) is 29.3. The van der Waals surface area contributed by atoms with Gasteiger partial charge in [0.25, 0.3) is 0 Å². The van der Waals surface area contributed by atoms with Crippen LogP contribution in [-0.2, 0) is 55.4 Å². The fourth-order valence-corrected chi connectivity index (χ4v) is 17.2. The van der Waals surface area contributed by atoms with Crippen LogP contribution in [-0.4, -0.2) is 125 Å². The van der Waals surface area contributed by atoms with Crippen molar-refractivity contribution in [1.29, 1.82) is 0 Å². The van der Waals surface area contributed by atoms with Crippen LogP contribution in [0.2, 0.25) is 18.1 Å². The second-order valence-corrected chi connectivity index (χ2v) is 26.8. The van der Waals surface area contributed by atoms with Crippen molar-refractivity contribution < 1.29 is 44.6 Å². The lowest BCUT2D eigenvalue weighted by Crippen LogP contribution is -2.47. The maximum absolute atomic E-state index is 6.23. The van der Waals surface area contributed by atoms with Gasteiger partial charge in [0.1, 0.15) is 0 Å². The minimum absolute atomic E-state index is 0.194. The Balaban J connectivity index is 1.50. The Morgan fingerprint density at radius 3 is 0.884 bits per heavy atom. The molecule has 1 aliphatic heterocycles. The molecular weight excluding hydrogens is 921 g/mol. The van der Waals surface area contributed by atoms with Crippen molar-refractivity contribution in [2.45, 2.75) is 144 Å². The Morgan fingerprint density at radius 2 is 0.638 bits per heavy atom. The highest BCUT2D eigenvalue weighted by molar-refractivity contribution is 6.61. The minimum Gasteiger partial charge on any atom is -0.374 e. The van der Waals surface area contributed by atoms with Gasteiger partial charge in [0.05, 0.1) is 12.7 Å². The lowest BCUT2D eigenvalue weighted by Gasteiger charge is -2.32. The number of ether oxygens (including phenoxy) is 1. The average Bonchev–Trinajstić information content (AvgIpc) is 4.16. The number of hydrogen-bond donors (Lipinski definition) is 0. The molecule has 15 heteroatoms. The lowest BCUT2D eigenvalue weighted by atomic mass is 9.74. The van der Waals surface area contributed by atoms with Gasteiger partial charge in [-0.05, 0) is 128 Å². The number of hydrogen-bond acceptors (Lipinski definition) is 12. The molecule has 0 N–H and O–H groups in total. The Hall–Kier alpha value is -2.49. The van der Waals surface area contributed by atoms with Crippen LogP contribution in [0.1, 0.15) is 132 Å². The van der Waals surface area contributed by atoms with Crippen LogP contribution in [0.5, 0.6) is 0 Å². The van der Waals surface area contributed by atoms with Crippen LogP contribution in [0.3, 0.4) is 0 Å². The smallest absolute Gasteiger partial charge is 0.374 e. The molecule has 0 amide bonds. The van der Waals surface area contributed by atoms with Crippen molar-refractivity contribution in [3.05, 3.63) is 95.1 Å². The van der Waals surface area contributed by atoms with E-state index in [-0.39, 0.29) is 16.9 Å². The van der Waals surface area contributed by atoms with Crippen LogP contribution in [0, 0.1) is 0 Å². The highest BCUT2D eigenvalue weighted by atomic mass is 28.4. The monoisotopic (exact) mass is 1010 g/mol. The van der Waals surface area contributed by atoms with E-state index in [1.807, 2.05) is 62.3 Å². The predicted octanol–water partition coefficient (Wildman–Crippen LogP) is 11.7. The zero-order chi connectivity index (χ0) is 50.4. The maximum Gasteiger partial charge on any atom is 0.500 e. The molecule has 1 atom stereocenters. The number of anilines is 2. The van der Waals surface area contributed by atoms with Gasteiger partial charge >= 0.3 is 26.4 Å². The van der Waals surface area contributed by atoms with Crippen LogP contribution >= 0.6 is 0 Å². The molecule has 390 valence electrons. The Bertz CT molecular complexity index is 1770. The molecule has 12 nitrogen and oxygen atoms in total. The Labute approximate surface area is 422 Å². The summed E-state index contributed by atoms with van der Waals surface area (Å²) >= 11 is 0. The van der Waals surface area contributed by atoms with E-state index in [0.29, 0.717) is 59.5 Å². The molecule has 69 heavy (non-hydrogen) atoms. The van der Waals surface area contributed by atoms with Gasteiger partial charge in [0.2, 0.25) is 0 Å². The van der Waals surface area contributed by atoms with E-state index in [1.54, 1.807) is 0 Å². The van der Waals surface area contributed by atoms with Crippen molar-refractivity contribution in [2.24, 2.45) is 0 Å². The first kappa shape index (κ1) is 59.1. The number of nitrogens with zero attached hydrogens (tertiary/aromatic N) is 2. The standard InChI is InChI=1S/C54H92N2O10Si3/c1-14-58-67(59-15-2,60-16-3)41-23-38-55(39-24-42-68(61-17-4,62-18-5)63-19-6)50-34-30-48(31-35-50)53(10,11)46-26-28-47(29-27-46)54(12,13)49-32-36-51(37-33-49)56(44-52-45-57-52)40-25-43-69(64-20-7,65-21-8)66-22-9/h26-37,52H,14-25,38-45H2,1-13H3. The highest BCUT2D eigenvalue weighted by Crippen LogP contribution is 2.37. The third-order valence-corrected chi connectivity index (χ3v) is 22.5. The first-order valence-electron chi connectivity index (χ1n) is 26.4. The van der Waals surface area contributed by atoms with Crippen molar-refractivity contribution in [3.63, 3.8) is 0 Å². The third kappa shape index (κ3) is 17.3. The molecule has 1 aliphatic rings. The average molecular weight is 1010 g/mol. The summed E-state index contributed by atoms with van der Waals surface area (Å²) in [6.07, 6.45) is 2.96. The molecule has 0 spiro atoms. The molecular formula is C54H92N2O10Si3. The zero-order valence-corrected chi connectivity index (χ0v) is 48.1. The van der Waals surface area contributed by atoms with Gasteiger partial charge in [-0.1, -0.05) is 76.2 Å². The van der Waals surface area contributed by atoms with Crippen molar-refractivity contribution in [1.82, 2.24) is 0 Å². The molecule has 4 rings (SSSR count). The van der Waals surface area contributed by atoms with Crippen molar-refractivity contribution in [3.8, 4) is 0 Å². The van der Waals surface area contributed by atoms with Crippen molar-refractivity contribution >= 4 is 37.8 Å². The Kier molecular flexibility index (Phi) is 25.1. The molecule has 3 aromatic rings. The molecule has 0 bridgehead atoms. The van der Waals surface area contributed by atoms with Gasteiger partial charge in [-0.15, -0.1) is 0 Å². The number of rotatable bonds is 38. The van der Waals surface area contributed by atoms with Crippen LogP contribution < -0.4 is 9.80 Å². The van der Waals surface area contributed by atoms with Gasteiger partial charge < -0.3 is 54.4 Å². The van der Waals surface area contributed by atoms with Gasteiger partial charge in [0, 0.05) is 126 Å². The van der Waals surface area contributed by atoms with Gasteiger partial charge in [-0.25, -0.2) is 0 Å². The molecule has 1 saturated heterocycles. The summed E-state index contributed by atoms with van der Waals surface area (Å²) < 4.78 is 61.5. The summed E-state index contributed by atoms with van der Waals surface area (Å²) in [6.45, 7) is 36.9. The summed E-state index contributed by atoms with van der Waals surface area (Å²) in [7, 11) is -8.28. The molecule has 1 unspecified atom stereocenters. The van der Waals surface area contributed by atoms with E-state index >= 15 is 0 Å². The first-order chi connectivity index (χ1) is 33.2. The lowest BCUT2D eigenvalue weighted by molar-refractivity contribution is 0.0700. The third-order valence-electron chi connectivity index (χ3n) is 13.1. The molecule has 3 aromatic carbocycles. The fourth-order valence-electron chi connectivity index (χ4n) is 9.39. The number of epoxide rings is 1.